The number of rotatable bonds is 4. The second kappa shape index (κ2) is 4.59. The van der Waals surface area contributed by atoms with E-state index in [0.29, 0.717) is 0 Å². The van der Waals surface area contributed by atoms with Crippen LogP contribution in [0.2, 0.25) is 0 Å². The Hall–Kier alpha value is -1.59. The zero-order valence-electron chi connectivity index (χ0n) is 8.45. The first-order valence-electron chi connectivity index (χ1n) is 4.58. The number of H-pyrrole nitrogens is 1. The van der Waals surface area contributed by atoms with Crippen LogP contribution < -0.4 is 5.73 Å². The lowest BCUT2D eigenvalue weighted by Crippen LogP contribution is -2.28. The lowest BCUT2D eigenvalue weighted by molar-refractivity contribution is 0.0782. The van der Waals surface area contributed by atoms with Crippen LogP contribution in [0, 0.1) is 0 Å². The van der Waals surface area contributed by atoms with Crippen molar-refractivity contribution >= 4 is 11.9 Å². The Kier molecular flexibility index (Phi) is 3.44. The maximum atomic E-state index is 11.6. The van der Waals surface area contributed by atoms with Gasteiger partial charge in [0.05, 0.1) is 0 Å². The fourth-order valence-electron chi connectivity index (χ4n) is 1.05. The van der Waals surface area contributed by atoms with Crippen molar-refractivity contribution < 1.29 is 4.79 Å². The van der Waals surface area contributed by atoms with E-state index < -0.39 is 0 Å². The number of carbonyl (C=O) groups is 1. The quantitative estimate of drug-likeness (QED) is 0.724. The van der Waals surface area contributed by atoms with Gasteiger partial charge in [-0.25, -0.2) is 0 Å². The predicted molar refractivity (Wildman–Crippen MR) is 52.7 cm³/mol. The van der Waals surface area contributed by atoms with Crippen LogP contribution in [0.25, 0.3) is 0 Å². The number of amides is 1. The van der Waals surface area contributed by atoms with E-state index in [4.69, 9.17) is 5.73 Å². The van der Waals surface area contributed by atoms with Crippen LogP contribution in [-0.4, -0.2) is 39.6 Å². The van der Waals surface area contributed by atoms with Gasteiger partial charge in [-0.05, 0) is 6.42 Å². The van der Waals surface area contributed by atoms with Crippen molar-refractivity contribution in [3.05, 3.63) is 5.82 Å². The largest absolute Gasteiger partial charge is 0.366 e. The van der Waals surface area contributed by atoms with Crippen LogP contribution in [0.5, 0.6) is 0 Å². The van der Waals surface area contributed by atoms with Crippen molar-refractivity contribution in [2.24, 2.45) is 0 Å². The molecule has 1 aromatic rings. The van der Waals surface area contributed by atoms with Gasteiger partial charge in [-0.15, -0.1) is 5.10 Å². The zero-order valence-corrected chi connectivity index (χ0v) is 8.45. The molecule has 0 spiro atoms. The third-order valence-corrected chi connectivity index (χ3v) is 1.90. The highest BCUT2D eigenvalue weighted by molar-refractivity contribution is 5.90. The lowest BCUT2D eigenvalue weighted by Gasteiger charge is -2.14. The van der Waals surface area contributed by atoms with Gasteiger partial charge in [-0.1, -0.05) is 13.3 Å². The van der Waals surface area contributed by atoms with E-state index in [2.05, 4.69) is 22.1 Å². The average Bonchev–Trinajstić information content (AvgIpc) is 2.60. The van der Waals surface area contributed by atoms with Crippen molar-refractivity contribution in [2.45, 2.75) is 19.8 Å². The van der Waals surface area contributed by atoms with Gasteiger partial charge in [-0.3, -0.25) is 9.89 Å². The summed E-state index contributed by atoms with van der Waals surface area (Å²) < 4.78 is 0. The summed E-state index contributed by atoms with van der Waals surface area (Å²) in [4.78, 5) is 17.0. The number of nitrogens with zero attached hydrogens (tertiary/aromatic N) is 3. The summed E-state index contributed by atoms with van der Waals surface area (Å²) >= 11 is 0. The number of nitrogen functional groups attached to an aromatic ring is 1. The van der Waals surface area contributed by atoms with E-state index in [1.807, 2.05) is 0 Å². The van der Waals surface area contributed by atoms with Crippen molar-refractivity contribution in [3.63, 3.8) is 0 Å². The molecule has 0 saturated heterocycles. The number of aromatic amines is 1. The van der Waals surface area contributed by atoms with Gasteiger partial charge in [0.1, 0.15) is 0 Å². The molecule has 6 heteroatoms. The van der Waals surface area contributed by atoms with E-state index in [-0.39, 0.29) is 17.7 Å². The maximum absolute atomic E-state index is 11.6. The fourth-order valence-corrected chi connectivity index (χ4v) is 1.05. The molecule has 0 atom stereocenters. The smallest absolute Gasteiger partial charge is 0.290 e. The van der Waals surface area contributed by atoms with E-state index in [1.54, 1.807) is 11.9 Å². The number of aromatic nitrogens is 3. The molecule has 0 unspecified atom stereocenters. The van der Waals surface area contributed by atoms with Crippen LogP contribution in [0.4, 0.5) is 5.95 Å². The van der Waals surface area contributed by atoms with Crippen LogP contribution in [0.1, 0.15) is 30.4 Å². The third-order valence-electron chi connectivity index (χ3n) is 1.90. The Bertz CT molecular complexity index is 308. The van der Waals surface area contributed by atoms with Crippen molar-refractivity contribution in [2.75, 3.05) is 19.3 Å². The summed E-state index contributed by atoms with van der Waals surface area (Å²) in [6, 6.07) is 0. The molecule has 0 radical (unpaired) electrons. The van der Waals surface area contributed by atoms with Gasteiger partial charge in [-0.2, -0.15) is 4.98 Å². The summed E-state index contributed by atoms with van der Waals surface area (Å²) in [5.74, 6) is 0.112. The molecule has 0 aliphatic heterocycles. The monoisotopic (exact) mass is 197 g/mol. The van der Waals surface area contributed by atoms with E-state index in [0.717, 1.165) is 19.4 Å². The molecular formula is C8H15N5O. The van der Waals surface area contributed by atoms with Crippen LogP contribution in [0.15, 0.2) is 0 Å². The van der Waals surface area contributed by atoms with E-state index >= 15 is 0 Å². The predicted octanol–water partition coefficient (Wildman–Crippen LogP) is 0.259. The molecule has 0 bridgehead atoms. The average molecular weight is 197 g/mol. The minimum Gasteiger partial charge on any atom is -0.366 e. The van der Waals surface area contributed by atoms with E-state index in [9.17, 15) is 4.79 Å². The van der Waals surface area contributed by atoms with Gasteiger partial charge < -0.3 is 10.6 Å². The summed E-state index contributed by atoms with van der Waals surface area (Å²) in [5, 5.41) is 6.08. The van der Waals surface area contributed by atoms with Crippen LogP contribution in [0.3, 0.4) is 0 Å². The minimum atomic E-state index is -0.178. The maximum Gasteiger partial charge on any atom is 0.290 e. The number of hydrogen-bond donors (Lipinski definition) is 2. The van der Waals surface area contributed by atoms with Crippen LogP contribution >= 0.6 is 0 Å². The third kappa shape index (κ3) is 2.45. The molecule has 1 rings (SSSR count). The Morgan fingerprint density at radius 2 is 2.36 bits per heavy atom. The zero-order chi connectivity index (χ0) is 10.6. The number of nitrogens with one attached hydrogen (secondary N) is 1. The molecule has 14 heavy (non-hydrogen) atoms. The minimum absolute atomic E-state index is 0.0947. The molecule has 1 amide bonds. The number of hydrogen-bond acceptors (Lipinski definition) is 4. The molecule has 0 aliphatic rings. The summed E-state index contributed by atoms with van der Waals surface area (Å²) in [5.41, 5.74) is 5.29. The molecule has 78 valence electrons. The SMILES string of the molecule is CCCCN(C)C(=O)c1nc(N)n[nH]1. The molecule has 0 saturated carbocycles. The van der Waals surface area contributed by atoms with Gasteiger partial charge in [0.15, 0.2) is 0 Å². The highest BCUT2D eigenvalue weighted by atomic mass is 16.2. The first kappa shape index (κ1) is 10.5. The lowest BCUT2D eigenvalue weighted by atomic mass is 10.3. The van der Waals surface area contributed by atoms with Crippen molar-refractivity contribution in [1.29, 1.82) is 0 Å². The molecular weight excluding hydrogens is 182 g/mol. The number of nitrogens with two attached hydrogens (primary N) is 1. The normalized spacial score (nSPS) is 10.1. The highest BCUT2D eigenvalue weighted by Gasteiger charge is 2.14. The van der Waals surface area contributed by atoms with Gasteiger partial charge in [0, 0.05) is 13.6 Å². The molecule has 3 N–H and O–H groups in total. The Morgan fingerprint density at radius 3 is 2.86 bits per heavy atom. The standard InChI is InChI=1S/C8H15N5O/c1-3-4-5-13(2)7(14)6-10-8(9)12-11-6/h3-5H2,1-2H3,(H3,9,10,11,12). The molecule has 1 aromatic heterocycles. The van der Waals surface area contributed by atoms with Gasteiger partial charge in [0.2, 0.25) is 11.8 Å². The fraction of sp³-hybridized carbons (Fsp3) is 0.625. The van der Waals surface area contributed by atoms with Gasteiger partial charge >= 0.3 is 0 Å². The summed E-state index contributed by atoms with van der Waals surface area (Å²) in [6.45, 7) is 2.79. The summed E-state index contributed by atoms with van der Waals surface area (Å²) in [6.07, 6.45) is 2.03. The molecule has 6 nitrogen and oxygen atoms in total. The Labute approximate surface area is 82.5 Å². The Morgan fingerprint density at radius 1 is 1.64 bits per heavy atom. The van der Waals surface area contributed by atoms with Gasteiger partial charge in [0.25, 0.3) is 5.91 Å². The molecule has 0 fully saturated rings. The second-order valence-electron chi connectivity index (χ2n) is 3.12. The highest BCUT2D eigenvalue weighted by Crippen LogP contribution is 2.00. The Balaban J connectivity index is 2.56. The number of carbonyl (C=O) groups excluding carboxylic acids is 1. The van der Waals surface area contributed by atoms with E-state index in [1.165, 1.54) is 0 Å². The topological polar surface area (TPSA) is 87.9 Å². The first-order chi connectivity index (χ1) is 6.65. The van der Waals surface area contributed by atoms with Crippen LogP contribution in [-0.2, 0) is 0 Å². The molecule has 0 aromatic carbocycles. The number of anilines is 1. The second-order valence-corrected chi connectivity index (χ2v) is 3.12. The molecule has 1 heterocycles. The first-order valence-corrected chi connectivity index (χ1v) is 4.58. The number of unbranched alkanes of at least 4 members (excludes halogenated alkanes) is 1. The molecule has 0 aliphatic carbocycles. The van der Waals surface area contributed by atoms with Crippen molar-refractivity contribution in [1.82, 2.24) is 20.1 Å². The van der Waals surface area contributed by atoms with Crippen molar-refractivity contribution in [3.8, 4) is 0 Å². The summed E-state index contributed by atoms with van der Waals surface area (Å²) in [7, 11) is 1.73.